The predicted octanol–water partition coefficient (Wildman–Crippen LogP) is 2.55. The highest BCUT2D eigenvalue weighted by Crippen LogP contribution is 2.25. The Hall–Kier alpha value is -1.24. The van der Waals surface area contributed by atoms with Gasteiger partial charge in [0.05, 0.1) is 0 Å². The Morgan fingerprint density at radius 1 is 1.24 bits per heavy atom. The Morgan fingerprint density at radius 3 is 2.60 bits per heavy atom. The standard InChI is InChI=1S/C19H28N2O3S/c1-15(19(22)23)24-18-5-3-2-4-16(18)14-20-8-6-17(7-9-20)21-10-12-25-13-11-21/h2-5,15,17H,6-14H2,1H3,(H,22,23)/t15-/m1/s1. The minimum atomic E-state index is -0.935. The van der Waals surface area contributed by atoms with Crippen molar-refractivity contribution < 1.29 is 14.6 Å². The lowest BCUT2D eigenvalue weighted by molar-refractivity contribution is -0.144. The zero-order valence-corrected chi connectivity index (χ0v) is 15.7. The fraction of sp³-hybridized carbons (Fsp3) is 0.632. The van der Waals surface area contributed by atoms with E-state index in [1.54, 1.807) is 6.92 Å². The summed E-state index contributed by atoms with van der Waals surface area (Å²) in [5.41, 5.74) is 1.07. The fourth-order valence-corrected chi connectivity index (χ4v) is 4.55. The van der Waals surface area contributed by atoms with E-state index in [4.69, 9.17) is 9.84 Å². The van der Waals surface area contributed by atoms with Gasteiger partial charge in [-0.25, -0.2) is 4.79 Å². The van der Waals surface area contributed by atoms with Crippen LogP contribution in [0.4, 0.5) is 0 Å². The fourth-order valence-electron chi connectivity index (χ4n) is 3.62. The number of aliphatic carboxylic acids is 1. The van der Waals surface area contributed by atoms with Gasteiger partial charge in [0.15, 0.2) is 6.10 Å². The van der Waals surface area contributed by atoms with Crippen LogP contribution in [0, 0.1) is 0 Å². The van der Waals surface area contributed by atoms with Crippen LogP contribution in [-0.2, 0) is 11.3 Å². The van der Waals surface area contributed by atoms with Gasteiger partial charge in [-0.05, 0) is 38.9 Å². The Bertz CT molecular complexity index is 570. The van der Waals surface area contributed by atoms with Crippen molar-refractivity contribution in [1.29, 1.82) is 0 Å². The molecule has 1 aromatic rings. The summed E-state index contributed by atoms with van der Waals surface area (Å²) in [7, 11) is 0. The largest absolute Gasteiger partial charge is 0.479 e. The molecule has 2 saturated heterocycles. The number of carboxylic acids is 1. The first-order valence-electron chi connectivity index (χ1n) is 9.15. The number of para-hydroxylation sites is 1. The summed E-state index contributed by atoms with van der Waals surface area (Å²) in [4.78, 5) is 16.2. The van der Waals surface area contributed by atoms with Gasteiger partial charge in [-0.2, -0.15) is 11.8 Å². The topological polar surface area (TPSA) is 53.0 Å². The molecular formula is C19H28N2O3S. The van der Waals surface area contributed by atoms with Gasteiger partial charge in [-0.1, -0.05) is 18.2 Å². The lowest BCUT2D eigenvalue weighted by Gasteiger charge is -2.40. The van der Waals surface area contributed by atoms with Crippen molar-refractivity contribution in [2.45, 2.75) is 38.5 Å². The maximum absolute atomic E-state index is 11.0. The molecule has 0 bridgehead atoms. The molecule has 138 valence electrons. The quantitative estimate of drug-likeness (QED) is 0.837. The first kappa shape index (κ1) is 18.5. The normalized spacial score (nSPS) is 21.8. The van der Waals surface area contributed by atoms with Crippen molar-refractivity contribution in [2.24, 2.45) is 0 Å². The van der Waals surface area contributed by atoms with Crippen LogP contribution in [-0.4, -0.2) is 70.7 Å². The lowest BCUT2D eigenvalue weighted by atomic mass is 10.0. The van der Waals surface area contributed by atoms with Crippen LogP contribution in [0.3, 0.4) is 0 Å². The van der Waals surface area contributed by atoms with Gasteiger partial charge < -0.3 is 9.84 Å². The van der Waals surface area contributed by atoms with Crippen molar-refractivity contribution in [3.63, 3.8) is 0 Å². The van der Waals surface area contributed by atoms with Crippen LogP contribution in [0.25, 0.3) is 0 Å². The summed E-state index contributed by atoms with van der Waals surface area (Å²) in [6, 6.07) is 8.53. The Kier molecular flexibility index (Phi) is 6.62. The average Bonchev–Trinajstić information content (AvgIpc) is 2.64. The molecule has 5 nitrogen and oxygen atoms in total. The molecule has 2 aliphatic heterocycles. The van der Waals surface area contributed by atoms with E-state index in [1.165, 1.54) is 37.4 Å². The maximum Gasteiger partial charge on any atom is 0.344 e. The lowest BCUT2D eigenvalue weighted by Crippen LogP contribution is -2.47. The number of hydrogen-bond acceptors (Lipinski definition) is 5. The average molecular weight is 365 g/mol. The van der Waals surface area contributed by atoms with E-state index in [1.807, 2.05) is 24.3 Å². The molecule has 0 aromatic heterocycles. The summed E-state index contributed by atoms with van der Waals surface area (Å²) < 4.78 is 5.63. The van der Waals surface area contributed by atoms with Gasteiger partial charge in [0, 0.05) is 42.7 Å². The Labute approximate surface area is 154 Å². The monoisotopic (exact) mass is 364 g/mol. The van der Waals surface area contributed by atoms with Crippen molar-refractivity contribution in [1.82, 2.24) is 9.80 Å². The molecule has 1 aromatic carbocycles. The Morgan fingerprint density at radius 2 is 1.92 bits per heavy atom. The summed E-state index contributed by atoms with van der Waals surface area (Å²) in [6.07, 6.45) is 1.61. The number of thioether (sulfide) groups is 1. The minimum Gasteiger partial charge on any atom is -0.479 e. The van der Waals surface area contributed by atoms with E-state index in [2.05, 4.69) is 21.6 Å². The second-order valence-electron chi connectivity index (χ2n) is 6.86. The highest BCUT2D eigenvalue weighted by atomic mass is 32.2. The van der Waals surface area contributed by atoms with Gasteiger partial charge in [0.1, 0.15) is 5.75 Å². The molecule has 3 rings (SSSR count). The van der Waals surface area contributed by atoms with Gasteiger partial charge >= 0.3 is 5.97 Å². The third-order valence-electron chi connectivity index (χ3n) is 5.14. The first-order chi connectivity index (χ1) is 12.1. The summed E-state index contributed by atoms with van der Waals surface area (Å²) in [5.74, 6) is 2.29. The highest BCUT2D eigenvalue weighted by molar-refractivity contribution is 7.99. The van der Waals surface area contributed by atoms with Crippen molar-refractivity contribution in [2.75, 3.05) is 37.7 Å². The maximum atomic E-state index is 11.0. The van der Waals surface area contributed by atoms with Gasteiger partial charge in [0.2, 0.25) is 0 Å². The van der Waals surface area contributed by atoms with Crippen LogP contribution in [0.1, 0.15) is 25.3 Å². The van der Waals surface area contributed by atoms with Crippen LogP contribution in [0.5, 0.6) is 5.75 Å². The molecule has 25 heavy (non-hydrogen) atoms. The van der Waals surface area contributed by atoms with E-state index in [-0.39, 0.29) is 0 Å². The number of benzene rings is 1. The molecule has 2 fully saturated rings. The summed E-state index contributed by atoms with van der Waals surface area (Å²) >= 11 is 2.07. The number of carbonyl (C=O) groups is 1. The number of hydrogen-bond donors (Lipinski definition) is 1. The van der Waals surface area contributed by atoms with E-state index in [9.17, 15) is 4.79 Å². The smallest absolute Gasteiger partial charge is 0.344 e. The summed E-state index contributed by atoms with van der Waals surface area (Å²) in [6.45, 7) is 7.05. The predicted molar refractivity (Wildman–Crippen MR) is 101 cm³/mol. The number of likely N-dealkylation sites (tertiary alicyclic amines) is 1. The van der Waals surface area contributed by atoms with Crippen molar-refractivity contribution in [3.8, 4) is 5.75 Å². The zero-order chi connectivity index (χ0) is 17.6. The zero-order valence-electron chi connectivity index (χ0n) is 14.9. The molecule has 0 aliphatic carbocycles. The number of rotatable bonds is 6. The van der Waals surface area contributed by atoms with E-state index in [0.29, 0.717) is 5.75 Å². The van der Waals surface area contributed by atoms with Gasteiger partial charge in [-0.15, -0.1) is 0 Å². The minimum absolute atomic E-state index is 0.688. The van der Waals surface area contributed by atoms with E-state index < -0.39 is 12.1 Å². The molecular weight excluding hydrogens is 336 g/mol. The second kappa shape index (κ2) is 8.92. The van der Waals surface area contributed by atoms with E-state index in [0.717, 1.165) is 31.2 Å². The molecule has 0 spiro atoms. The first-order valence-corrected chi connectivity index (χ1v) is 10.3. The number of carboxylic acid groups (broad SMARTS) is 1. The molecule has 2 aliphatic rings. The molecule has 1 N–H and O–H groups in total. The van der Waals surface area contributed by atoms with Gasteiger partial charge in [0.25, 0.3) is 0 Å². The summed E-state index contributed by atoms with van der Waals surface area (Å²) in [5, 5.41) is 9.07. The molecule has 6 heteroatoms. The van der Waals surface area contributed by atoms with Crippen LogP contribution >= 0.6 is 11.8 Å². The number of piperidine rings is 1. The van der Waals surface area contributed by atoms with Crippen LogP contribution in [0.15, 0.2) is 24.3 Å². The molecule has 0 saturated carbocycles. The highest BCUT2D eigenvalue weighted by Gasteiger charge is 2.26. The van der Waals surface area contributed by atoms with Crippen LogP contribution in [0.2, 0.25) is 0 Å². The Balaban J connectivity index is 1.54. The van der Waals surface area contributed by atoms with E-state index >= 15 is 0 Å². The van der Waals surface area contributed by atoms with Crippen LogP contribution < -0.4 is 4.74 Å². The third-order valence-corrected chi connectivity index (χ3v) is 6.08. The van der Waals surface area contributed by atoms with Gasteiger partial charge in [-0.3, -0.25) is 9.80 Å². The number of ether oxygens (including phenoxy) is 1. The molecule has 0 radical (unpaired) electrons. The van der Waals surface area contributed by atoms with Crippen molar-refractivity contribution >= 4 is 17.7 Å². The van der Waals surface area contributed by atoms with Crippen molar-refractivity contribution in [3.05, 3.63) is 29.8 Å². The third kappa shape index (κ3) is 5.12. The molecule has 2 heterocycles. The molecule has 0 unspecified atom stereocenters. The SMILES string of the molecule is C[C@@H](Oc1ccccc1CN1CCC(N2CCSCC2)CC1)C(=O)O. The number of nitrogens with zero attached hydrogens (tertiary/aromatic N) is 2. The molecule has 1 atom stereocenters. The molecule has 0 amide bonds. The second-order valence-corrected chi connectivity index (χ2v) is 8.09.